The second kappa shape index (κ2) is 4.37. The molecule has 2 aliphatic heterocycles. The molecule has 0 radical (unpaired) electrons. The van der Waals surface area contributed by atoms with E-state index in [9.17, 15) is 0 Å². The predicted octanol–water partition coefficient (Wildman–Crippen LogP) is 4.49. The average molecular weight is 297 g/mol. The number of benzene rings is 2. The summed E-state index contributed by atoms with van der Waals surface area (Å²) in [4.78, 5) is 4.77. The minimum Gasteiger partial charge on any atom is -0.497 e. The Morgan fingerprint density at radius 2 is 1.95 bits per heavy atom. The molecule has 2 heterocycles. The van der Waals surface area contributed by atoms with Crippen LogP contribution in [-0.2, 0) is 7.05 Å². The van der Waals surface area contributed by atoms with Crippen molar-refractivity contribution in [3.63, 3.8) is 0 Å². The SMILES string of the molecule is COc1ccc2c(c1)c1nc3ccc(Cl)cc3c-1cn2C. The highest BCUT2D eigenvalue weighted by Crippen LogP contribution is 2.38. The smallest absolute Gasteiger partial charge is 0.119 e. The maximum absolute atomic E-state index is 6.13. The van der Waals surface area contributed by atoms with Gasteiger partial charge in [0.1, 0.15) is 5.75 Å². The number of hydrogen-bond acceptors (Lipinski definition) is 2. The van der Waals surface area contributed by atoms with E-state index in [1.807, 2.05) is 37.4 Å². The van der Waals surface area contributed by atoms with Crippen molar-refractivity contribution in [3.8, 4) is 17.0 Å². The van der Waals surface area contributed by atoms with E-state index in [1.54, 1.807) is 7.11 Å². The molecule has 104 valence electrons. The van der Waals surface area contributed by atoms with E-state index < -0.39 is 0 Å². The molecular formula is C17H13ClN2O. The third kappa shape index (κ3) is 1.78. The molecule has 0 bridgehead atoms. The summed E-state index contributed by atoms with van der Waals surface area (Å²) in [5, 5.41) is 2.89. The van der Waals surface area contributed by atoms with Gasteiger partial charge in [-0.05, 0) is 36.4 Å². The Bertz CT molecular complexity index is 958. The molecule has 2 aromatic carbocycles. The fourth-order valence-electron chi connectivity index (χ4n) is 2.87. The van der Waals surface area contributed by atoms with Crippen LogP contribution < -0.4 is 4.74 Å². The molecule has 0 fully saturated rings. The van der Waals surface area contributed by atoms with E-state index in [4.69, 9.17) is 21.3 Å². The third-order valence-electron chi connectivity index (χ3n) is 3.90. The first-order valence-electron chi connectivity index (χ1n) is 6.69. The Morgan fingerprint density at radius 1 is 1.10 bits per heavy atom. The highest BCUT2D eigenvalue weighted by Gasteiger charge is 2.17. The van der Waals surface area contributed by atoms with Gasteiger partial charge in [0.2, 0.25) is 0 Å². The minimum atomic E-state index is 0.727. The molecule has 0 aliphatic carbocycles. The van der Waals surface area contributed by atoms with Crippen LogP contribution in [0.25, 0.3) is 33.1 Å². The van der Waals surface area contributed by atoms with Gasteiger partial charge in [0.15, 0.2) is 0 Å². The van der Waals surface area contributed by atoms with Crippen LogP contribution in [-0.4, -0.2) is 16.7 Å². The molecule has 0 N–H and O–H groups in total. The van der Waals surface area contributed by atoms with Crippen molar-refractivity contribution in [3.05, 3.63) is 47.6 Å². The highest BCUT2D eigenvalue weighted by molar-refractivity contribution is 6.31. The summed E-state index contributed by atoms with van der Waals surface area (Å²) in [5.41, 5.74) is 4.18. The van der Waals surface area contributed by atoms with Crippen LogP contribution in [0.4, 0.5) is 0 Å². The largest absolute Gasteiger partial charge is 0.497 e. The van der Waals surface area contributed by atoms with Crippen LogP contribution in [0.5, 0.6) is 5.75 Å². The van der Waals surface area contributed by atoms with Gasteiger partial charge in [0.05, 0.1) is 23.8 Å². The molecule has 0 spiro atoms. The fourth-order valence-corrected chi connectivity index (χ4v) is 3.04. The van der Waals surface area contributed by atoms with E-state index >= 15 is 0 Å². The quantitative estimate of drug-likeness (QED) is 0.517. The Hall–Kier alpha value is -2.26. The zero-order valence-electron chi connectivity index (χ0n) is 11.7. The van der Waals surface area contributed by atoms with E-state index in [0.29, 0.717) is 0 Å². The third-order valence-corrected chi connectivity index (χ3v) is 4.13. The van der Waals surface area contributed by atoms with Crippen molar-refractivity contribution in [2.75, 3.05) is 7.11 Å². The first-order chi connectivity index (χ1) is 10.2. The van der Waals surface area contributed by atoms with Gasteiger partial charge in [-0.15, -0.1) is 0 Å². The molecule has 3 nitrogen and oxygen atoms in total. The zero-order chi connectivity index (χ0) is 14.6. The van der Waals surface area contributed by atoms with Gasteiger partial charge in [0, 0.05) is 34.6 Å². The maximum Gasteiger partial charge on any atom is 0.119 e. The number of rotatable bonds is 1. The molecule has 0 saturated carbocycles. The molecule has 0 unspecified atom stereocenters. The van der Waals surface area contributed by atoms with Gasteiger partial charge in [-0.25, -0.2) is 4.98 Å². The number of aryl methyl sites for hydroxylation is 1. The summed E-state index contributed by atoms with van der Waals surface area (Å²) in [6.45, 7) is 0. The van der Waals surface area contributed by atoms with Crippen LogP contribution >= 0.6 is 11.6 Å². The van der Waals surface area contributed by atoms with Gasteiger partial charge in [0.25, 0.3) is 0 Å². The predicted molar refractivity (Wildman–Crippen MR) is 86.4 cm³/mol. The Labute approximate surface area is 127 Å². The topological polar surface area (TPSA) is 27.1 Å². The monoisotopic (exact) mass is 296 g/mol. The molecule has 2 aromatic rings. The summed E-state index contributed by atoms with van der Waals surface area (Å²) in [5.74, 6) is 0.833. The lowest BCUT2D eigenvalue weighted by Gasteiger charge is -2.11. The second-order valence-corrected chi connectivity index (χ2v) is 5.60. The van der Waals surface area contributed by atoms with E-state index in [0.717, 1.165) is 43.8 Å². The number of pyridine rings is 1. The molecular weight excluding hydrogens is 284 g/mol. The number of fused-ring (bicyclic) bond motifs is 5. The summed E-state index contributed by atoms with van der Waals surface area (Å²) >= 11 is 6.13. The van der Waals surface area contributed by atoms with Crippen molar-refractivity contribution in [2.45, 2.75) is 0 Å². The minimum absolute atomic E-state index is 0.727. The summed E-state index contributed by atoms with van der Waals surface area (Å²) in [7, 11) is 3.72. The number of hydrogen-bond donors (Lipinski definition) is 0. The van der Waals surface area contributed by atoms with Crippen molar-refractivity contribution in [1.82, 2.24) is 9.55 Å². The lowest BCUT2D eigenvalue weighted by molar-refractivity contribution is 0.415. The fraction of sp³-hybridized carbons (Fsp3) is 0.118. The number of methoxy groups -OCH3 is 1. The van der Waals surface area contributed by atoms with Gasteiger partial charge in [-0.3, -0.25) is 0 Å². The molecule has 4 heteroatoms. The van der Waals surface area contributed by atoms with Crippen LogP contribution in [0.3, 0.4) is 0 Å². The van der Waals surface area contributed by atoms with E-state index in [2.05, 4.69) is 16.8 Å². The number of nitrogens with zero attached hydrogens (tertiary/aromatic N) is 2. The van der Waals surface area contributed by atoms with Crippen LogP contribution in [0, 0.1) is 0 Å². The molecule has 4 rings (SSSR count). The Kier molecular flexibility index (Phi) is 2.59. The van der Waals surface area contributed by atoms with Gasteiger partial charge >= 0.3 is 0 Å². The summed E-state index contributed by atoms with van der Waals surface area (Å²) < 4.78 is 7.46. The molecule has 0 atom stereocenters. The van der Waals surface area contributed by atoms with E-state index in [1.165, 1.54) is 0 Å². The van der Waals surface area contributed by atoms with Crippen molar-refractivity contribution in [1.29, 1.82) is 0 Å². The van der Waals surface area contributed by atoms with Crippen LogP contribution in [0.15, 0.2) is 42.6 Å². The molecule has 0 amide bonds. The van der Waals surface area contributed by atoms with E-state index in [-0.39, 0.29) is 0 Å². The molecule has 0 saturated heterocycles. The first kappa shape index (κ1) is 12.5. The van der Waals surface area contributed by atoms with Crippen LogP contribution in [0.2, 0.25) is 5.02 Å². The van der Waals surface area contributed by atoms with Crippen LogP contribution in [0.1, 0.15) is 0 Å². The second-order valence-electron chi connectivity index (χ2n) is 5.16. The molecule has 21 heavy (non-hydrogen) atoms. The van der Waals surface area contributed by atoms with Crippen molar-refractivity contribution >= 4 is 33.4 Å². The Balaban J connectivity index is 2.20. The lowest BCUT2D eigenvalue weighted by atomic mass is 10.1. The van der Waals surface area contributed by atoms with Gasteiger partial charge in [-0.1, -0.05) is 11.6 Å². The zero-order valence-corrected chi connectivity index (χ0v) is 12.5. The van der Waals surface area contributed by atoms with Gasteiger partial charge in [-0.2, -0.15) is 0 Å². The van der Waals surface area contributed by atoms with Crippen molar-refractivity contribution < 1.29 is 4.74 Å². The Morgan fingerprint density at radius 3 is 2.76 bits per heavy atom. The maximum atomic E-state index is 6.13. The molecule has 2 aliphatic rings. The summed E-state index contributed by atoms with van der Waals surface area (Å²) in [6, 6.07) is 11.9. The standard InChI is InChI=1S/C17H13ClN2O/c1-20-9-14-12-7-10(18)3-5-15(12)19-17(14)13-8-11(21-2)4-6-16(13)20/h3-9H,1-2H3. The average Bonchev–Trinajstić information content (AvgIpc) is 2.85. The number of ether oxygens (including phenoxy) is 1. The summed E-state index contributed by atoms with van der Waals surface area (Å²) in [6.07, 6.45) is 2.11. The van der Waals surface area contributed by atoms with Gasteiger partial charge < -0.3 is 9.30 Å². The molecule has 0 aromatic heterocycles. The van der Waals surface area contributed by atoms with Crippen molar-refractivity contribution in [2.24, 2.45) is 7.05 Å². The number of halogens is 1. The number of aromatic nitrogens is 2. The lowest BCUT2D eigenvalue weighted by Crippen LogP contribution is -1.96. The highest BCUT2D eigenvalue weighted by atomic mass is 35.5. The normalized spacial score (nSPS) is 11.6. The first-order valence-corrected chi connectivity index (χ1v) is 7.07.